The third-order valence-corrected chi connectivity index (χ3v) is 4.82. The second kappa shape index (κ2) is 13.8. The first kappa shape index (κ1) is 25.7. The van der Waals surface area contributed by atoms with Gasteiger partial charge in [-0.1, -0.05) is 19.8 Å². The quantitative estimate of drug-likeness (QED) is 0.203. The Morgan fingerprint density at radius 3 is 2.53 bits per heavy atom. The number of Topliss-reactive ketones (excluding diaryl/α,β-unsaturated/α-hetero) is 1. The van der Waals surface area contributed by atoms with E-state index in [9.17, 15) is 29.1 Å². The number of imide groups is 1. The van der Waals surface area contributed by atoms with Gasteiger partial charge in [-0.15, -0.1) is 0 Å². The van der Waals surface area contributed by atoms with Crippen LogP contribution < -0.4 is 16.0 Å². The minimum Gasteiger partial charge on any atom is -0.377 e. The fourth-order valence-corrected chi connectivity index (χ4v) is 3.08. The molecule has 170 valence electrons. The first-order valence-corrected chi connectivity index (χ1v) is 10.5. The number of likely N-dealkylation sites (tertiary alicyclic amines) is 1. The van der Waals surface area contributed by atoms with Crippen LogP contribution in [0, 0.1) is 5.92 Å². The molecule has 0 bridgehead atoms. The second-order valence-corrected chi connectivity index (χ2v) is 7.53. The van der Waals surface area contributed by atoms with Crippen LogP contribution in [-0.4, -0.2) is 71.8 Å². The van der Waals surface area contributed by atoms with E-state index in [2.05, 4.69) is 16.0 Å². The molecule has 1 aliphatic rings. The minimum atomic E-state index is -1.10. The van der Waals surface area contributed by atoms with Gasteiger partial charge < -0.3 is 15.7 Å². The van der Waals surface area contributed by atoms with Gasteiger partial charge in [0.05, 0.1) is 13.1 Å². The number of carbonyl (C=O) groups excluding carboxylic acids is 5. The van der Waals surface area contributed by atoms with Crippen LogP contribution >= 0.6 is 0 Å². The molecule has 4 N–H and O–H groups in total. The van der Waals surface area contributed by atoms with Crippen molar-refractivity contribution in [3.63, 3.8) is 0 Å². The predicted octanol–water partition coefficient (Wildman–Crippen LogP) is -0.549. The smallest absolute Gasteiger partial charge is 0.234 e. The molecule has 1 aliphatic heterocycles. The van der Waals surface area contributed by atoms with Gasteiger partial charge >= 0.3 is 0 Å². The van der Waals surface area contributed by atoms with Gasteiger partial charge in [-0.2, -0.15) is 0 Å². The van der Waals surface area contributed by atoms with Crippen molar-refractivity contribution in [2.24, 2.45) is 5.92 Å². The number of hydrogen-bond acceptors (Lipinski definition) is 7. The van der Waals surface area contributed by atoms with Gasteiger partial charge in [0, 0.05) is 38.3 Å². The van der Waals surface area contributed by atoms with Gasteiger partial charge in [-0.25, -0.2) is 0 Å². The van der Waals surface area contributed by atoms with Crippen molar-refractivity contribution < 1.29 is 29.1 Å². The first-order chi connectivity index (χ1) is 14.2. The summed E-state index contributed by atoms with van der Waals surface area (Å²) in [5.41, 5.74) is 0. The zero-order valence-electron chi connectivity index (χ0n) is 17.9. The monoisotopic (exact) mass is 426 g/mol. The molecule has 1 rings (SSSR count). The Kier molecular flexibility index (Phi) is 11.8. The number of amides is 4. The molecule has 1 saturated heterocycles. The van der Waals surface area contributed by atoms with Crippen molar-refractivity contribution in [2.45, 2.75) is 65.0 Å². The summed E-state index contributed by atoms with van der Waals surface area (Å²) in [4.78, 5) is 59.7. The Bertz CT molecular complexity index is 624. The number of nitrogens with zero attached hydrogens (tertiary/aromatic N) is 1. The highest BCUT2D eigenvalue weighted by Crippen LogP contribution is 2.24. The van der Waals surface area contributed by atoms with Gasteiger partial charge in [0.15, 0.2) is 0 Å². The van der Waals surface area contributed by atoms with E-state index in [1.807, 2.05) is 6.92 Å². The second-order valence-electron chi connectivity index (χ2n) is 7.53. The molecule has 1 fully saturated rings. The van der Waals surface area contributed by atoms with Gasteiger partial charge in [0.2, 0.25) is 23.6 Å². The molecule has 2 unspecified atom stereocenters. The molecule has 0 aliphatic carbocycles. The van der Waals surface area contributed by atoms with Gasteiger partial charge in [-0.3, -0.25) is 34.2 Å². The normalized spacial score (nSPS) is 17.2. The lowest BCUT2D eigenvalue weighted by molar-refractivity contribution is -0.140. The molecule has 0 radical (unpaired) electrons. The van der Waals surface area contributed by atoms with Gasteiger partial charge in [0.25, 0.3) is 0 Å². The fraction of sp³-hybridized carbons (Fsp3) is 0.750. The zero-order valence-corrected chi connectivity index (χ0v) is 17.9. The molecule has 2 atom stereocenters. The summed E-state index contributed by atoms with van der Waals surface area (Å²) in [5.74, 6) is -1.26. The largest absolute Gasteiger partial charge is 0.377 e. The van der Waals surface area contributed by atoms with Crippen molar-refractivity contribution in [3.05, 3.63) is 0 Å². The Morgan fingerprint density at radius 1 is 1.13 bits per heavy atom. The molecule has 0 aromatic heterocycles. The first-order valence-electron chi connectivity index (χ1n) is 10.5. The van der Waals surface area contributed by atoms with E-state index in [0.717, 1.165) is 19.3 Å². The van der Waals surface area contributed by atoms with Crippen LogP contribution in [0.15, 0.2) is 0 Å². The molecule has 10 nitrogen and oxygen atoms in total. The SMILES string of the molecule is CCCCC1CC(=O)N(CCCC(=O)NCC(O)NCC(=O)NCCC(C)=O)C1=O. The molecule has 4 amide bonds. The highest BCUT2D eigenvalue weighted by Gasteiger charge is 2.37. The Balaban J connectivity index is 2.16. The van der Waals surface area contributed by atoms with Crippen LogP contribution in [-0.2, 0) is 24.0 Å². The zero-order chi connectivity index (χ0) is 22.5. The third-order valence-electron chi connectivity index (χ3n) is 4.82. The highest BCUT2D eigenvalue weighted by atomic mass is 16.3. The molecule has 1 heterocycles. The topological polar surface area (TPSA) is 145 Å². The van der Waals surface area contributed by atoms with E-state index >= 15 is 0 Å². The van der Waals surface area contributed by atoms with Crippen molar-refractivity contribution in [1.29, 1.82) is 0 Å². The number of unbranched alkanes of at least 4 members (excludes halogenated alkanes) is 1. The third kappa shape index (κ3) is 9.93. The van der Waals surface area contributed by atoms with E-state index in [0.29, 0.717) is 6.42 Å². The summed E-state index contributed by atoms with van der Waals surface area (Å²) < 4.78 is 0. The number of ketones is 1. The number of rotatable bonds is 15. The summed E-state index contributed by atoms with van der Waals surface area (Å²) in [6, 6.07) is 0. The summed E-state index contributed by atoms with van der Waals surface area (Å²) in [7, 11) is 0. The average molecular weight is 427 g/mol. The summed E-state index contributed by atoms with van der Waals surface area (Å²) >= 11 is 0. The highest BCUT2D eigenvalue weighted by molar-refractivity contribution is 6.03. The van der Waals surface area contributed by atoms with E-state index < -0.39 is 6.23 Å². The molecule has 0 spiro atoms. The Labute approximate surface area is 177 Å². The summed E-state index contributed by atoms with van der Waals surface area (Å²) in [5, 5.41) is 17.4. The van der Waals surface area contributed by atoms with Crippen molar-refractivity contribution in [1.82, 2.24) is 20.9 Å². The average Bonchev–Trinajstić information content (AvgIpc) is 2.96. The Hall–Kier alpha value is -2.33. The molecule has 30 heavy (non-hydrogen) atoms. The number of aliphatic hydroxyl groups excluding tert-OH is 1. The van der Waals surface area contributed by atoms with Crippen LogP contribution in [0.1, 0.15) is 58.8 Å². The molecule has 0 aromatic rings. The maximum absolute atomic E-state index is 12.3. The van der Waals surface area contributed by atoms with E-state index in [-0.39, 0.29) is 80.8 Å². The standard InChI is InChI=1S/C20H34N4O6/c1-3-4-6-15-11-19(29)24(20(15)30)10-5-7-16(26)22-13-18(28)23-12-17(27)21-9-8-14(2)25/h15,18,23,28H,3-13H2,1-2H3,(H,21,27)(H,22,26). The lowest BCUT2D eigenvalue weighted by Crippen LogP contribution is -2.45. The van der Waals surface area contributed by atoms with Crippen LogP contribution in [0.25, 0.3) is 0 Å². The summed E-state index contributed by atoms with van der Waals surface area (Å²) in [6.07, 6.45) is 2.48. The lowest BCUT2D eigenvalue weighted by atomic mass is 10.0. The van der Waals surface area contributed by atoms with Gasteiger partial charge in [0.1, 0.15) is 12.0 Å². The predicted molar refractivity (Wildman–Crippen MR) is 109 cm³/mol. The fourth-order valence-electron chi connectivity index (χ4n) is 3.08. The number of nitrogens with one attached hydrogen (secondary N) is 3. The maximum Gasteiger partial charge on any atom is 0.234 e. The van der Waals surface area contributed by atoms with Crippen LogP contribution in [0.4, 0.5) is 0 Å². The molecule has 0 saturated carbocycles. The van der Waals surface area contributed by atoms with E-state index in [1.165, 1.54) is 11.8 Å². The molecule has 10 heteroatoms. The molecule has 0 aromatic carbocycles. The number of carbonyl (C=O) groups is 5. The van der Waals surface area contributed by atoms with Crippen LogP contribution in [0.5, 0.6) is 0 Å². The van der Waals surface area contributed by atoms with Crippen LogP contribution in [0.3, 0.4) is 0 Å². The van der Waals surface area contributed by atoms with Crippen LogP contribution in [0.2, 0.25) is 0 Å². The molecular weight excluding hydrogens is 392 g/mol. The number of aliphatic hydroxyl groups is 1. The van der Waals surface area contributed by atoms with Gasteiger partial charge in [-0.05, 0) is 19.8 Å². The van der Waals surface area contributed by atoms with Crippen molar-refractivity contribution >= 4 is 29.4 Å². The van der Waals surface area contributed by atoms with E-state index in [4.69, 9.17) is 0 Å². The minimum absolute atomic E-state index is 0.0271. The lowest BCUT2D eigenvalue weighted by Gasteiger charge is -2.16. The maximum atomic E-state index is 12.3. The number of hydrogen-bond donors (Lipinski definition) is 4. The molecular formula is C20H34N4O6. The van der Waals surface area contributed by atoms with Crippen molar-refractivity contribution in [2.75, 3.05) is 26.2 Å². The van der Waals surface area contributed by atoms with E-state index in [1.54, 1.807) is 0 Å². The van der Waals surface area contributed by atoms with Crippen molar-refractivity contribution in [3.8, 4) is 0 Å². The summed E-state index contributed by atoms with van der Waals surface area (Å²) in [6.45, 7) is 3.70. The Morgan fingerprint density at radius 2 is 1.87 bits per heavy atom.